The van der Waals surface area contributed by atoms with Crippen LogP contribution in [-0.2, 0) is 16.1 Å². The van der Waals surface area contributed by atoms with Crippen molar-refractivity contribution in [1.29, 1.82) is 0 Å². The largest absolute Gasteiger partial charge is 0.454 e. The third-order valence-corrected chi connectivity index (χ3v) is 4.91. The van der Waals surface area contributed by atoms with Crippen LogP contribution in [0.5, 0.6) is 11.5 Å². The number of fused-ring (bicyclic) bond motifs is 1. The number of nitrogens with zero attached hydrogens (tertiary/aromatic N) is 1. The van der Waals surface area contributed by atoms with Gasteiger partial charge in [0.25, 0.3) is 0 Å². The summed E-state index contributed by atoms with van der Waals surface area (Å²) >= 11 is 6.16. The van der Waals surface area contributed by atoms with Crippen molar-refractivity contribution in [2.75, 3.05) is 18.7 Å². The lowest BCUT2D eigenvalue weighted by Gasteiger charge is -2.17. The number of rotatable bonds is 4. The number of halogens is 1. The predicted octanol–water partition coefficient (Wildman–Crippen LogP) is 3.06. The van der Waals surface area contributed by atoms with E-state index in [1.807, 2.05) is 18.2 Å². The summed E-state index contributed by atoms with van der Waals surface area (Å²) in [5.74, 6) is 0.639. The minimum Gasteiger partial charge on any atom is -0.454 e. The van der Waals surface area contributed by atoms with E-state index in [4.69, 9.17) is 21.1 Å². The van der Waals surface area contributed by atoms with Gasteiger partial charge in [0.2, 0.25) is 18.6 Å². The number of ether oxygens (including phenoxy) is 2. The van der Waals surface area contributed by atoms with Crippen molar-refractivity contribution in [2.24, 2.45) is 5.92 Å². The molecule has 0 aliphatic carbocycles. The normalized spacial score (nSPS) is 18.3. The van der Waals surface area contributed by atoms with Crippen LogP contribution in [0.1, 0.15) is 12.0 Å². The second-order valence-electron chi connectivity index (χ2n) is 6.32. The average Bonchev–Trinajstić information content (AvgIpc) is 3.23. The van der Waals surface area contributed by atoms with Gasteiger partial charge in [-0.1, -0.05) is 29.8 Å². The van der Waals surface area contributed by atoms with Gasteiger partial charge in [-0.05, 0) is 23.8 Å². The van der Waals surface area contributed by atoms with Gasteiger partial charge in [-0.3, -0.25) is 9.59 Å². The van der Waals surface area contributed by atoms with E-state index in [0.717, 1.165) is 5.56 Å². The van der Waals surface area contributed by atoms with Gasteiger partial charge in [0.05, 0.1) is 5.92 Å². The molecule has 1 fully saturated rings. The molecule has 0 saturated carbocycles. The SMILES string of the molecule is O=C(Nc1ccc2c(c1)OCO2)[C@@H]1CC(=O)N(Cc2ccccc2Cl)C1. The Morgan fingerprint density at radius 3 is 2.85 bits per heavy atom. The number of benzene rings is 2. The Kier molecular flexibility index (Phi) is 4.42. The van der Waals surface area contributed by atoms with Crippen LogP contribution in [0.4, 0.5) is 5.69 Å². The molecule has 6 nitrogen and oxygen atoms in total. The van der Waals surface area contributed by atoms with Crippen LogP contribution in [-0.4, -0.2) is 30.1 Å². The van der Waals surface area contributed by atoms with Crippen molar-refractivity contribution in [3.8, 4) is 11.5 Å². The molecule has 2 aliphatic heterocycles. The Morgan fingerprint density at radius 1 is 1.19 bits per heavy atom. The molecule has 134 valence electrons. The van der Waals surface area contributed by atoms with Crippen molar-refractivity contribution in [1.82, 2.24) is 4.90 Å². The van der Waals surface area contributed by atoms with Gasteiger partial charge in [0.1, 0.15) is 0 Å². The molecule has 2 heterocycles. The minimum absolute atomic E-state index is 0.0456. The highest BCUT2D eigenvalue weighted by Gasteiger charge is 2.34. The third kappa shape index (κ3) is 3.32. The Labute approximate surface area is 155 Å². The first kappa shape index (κ1) is 16.7. The first-order valence-corrected chi connectivity index (χ1v) is 8.69. The lowest BCUT2D eigenvalue weighted by Crippen LogP contribution is -2.28. The molecule has 0 aromatic heterocycles. The van der Waals surface area contributed by atoms with Crippen LogP contribution in [0.2, 0.25) is 5.02 Å². The molecule has 2 amide bonds. The number of carbonyl (C=O) groups excluding carboxylic acids is 2. The zero-order chi connectivity index (χ0) is 18.1. The number of anilines is 1. The first-order chi connectivity index (χ1) is 12.6. The fraction of sp³-hybridized carbons (Fsp3) is 0.263. The van der Waals surface area contributed by atoms with Crippen molar-refractivity contribution >= 4 is 29.1 Å². The van der Waals surface area contributed by atoms with Crippen molar-refractivity contribution < 1.29 is 19.1 Å². The van der Waals surface area contributed by atoms with Crippen LogP contribution in [0, 0.1) is 5.92 Å². The van der Waals surface area contributed by atoms with Crippen molar-refractivity contribution in [3.63, 3.8) is 0 Å². The molecule has 1 N–H and O–H groups in total. The summed E-state index contributed by atoms with van der Waals surface area (Å²) in [4.78, 5) is 26.5. The number of hydrogen-bond donors (Lipinski definition) is 1. The lowest BCUT2D eigenvalue weighted by atomic mass is 10.1. The van der Waals surface area contributed by atoms with Crippen LogP contribution < -0.4 is 14.8 Å². The maximum Gasteiger partial charge on any atom is 0.231 e. The topological polar surface area (TPSA) is 67.9 Å². The van der Waals surface area contributed by atoms with E-state index >= 15 is 0 Å². The van der Waals surface area contributed by atoms with Crippen LogP contribution >= 0.6 is 11.6 Å². The van der Waals surface area contributed by atoms with Gasteiger partial charge >= 0.3 is 0 Å². The second-order valence-corrected chi connectivity index (χ2v) is 6.73. The zero-order valence-corrected chi connectivity index (χ0v) is 14.7. The molecular weight excluding hydrogens is 356 g/mol. The molecule has 2 aromatic carbocycles. The van der Waals surface area contributed by atoms with Gasteiger partial charge < -0.3 is 19.7 Å². The van der Waals surface area contributed by atoms with Crippen LogP contribution in [0.25, 0.3) is 0 Å². The van der Waals surface area contributed by atoms with Gasteiger partial charge in [-0.2, -0.15) is 0 Å². The molecule has 26 heavy (non-hydrogen) atoms. The van der Waals surface area contributed by atoms with Gasteiger partial charge in [-0.25, -0.2) is 0 Å². The average molecular weight is 373 g/mol. The van der Waals surface area contributed by atoms with E-state index in [-0.39, 0.29) is 25.0 Å². The van der Waals surface area contributed by atoms with Crippen molar-refractivity contribution in [2.45, 2.75) is 13.0 Å². The molecule has 7 heteroatoms. The Hall–Kier alpha value is -2.73. The molecule has 0 spiro atoms. The van der Waals surface area contributed by atoms with E-state index in [2.05, 4.69) is 5.32 Å². The summed E-state index contributed by atoms with van der Waals surface area (Å²) in [6.07, 6.45) is 0.195. The summed E-state index contributed by atoms with van der Waals surface area (Å²) in [6.45, 7) is 0.966. The minimum atomic E-state index is -0.393. The Balaban J connectivity index is 1.40. The fourth-order valence-corrected chi connectivity index (χ4v) is 3.35. The lowest BCUT2D eigenvalue weighted by molar-refractivity contribution is -0.128. The standard InChI is InChI=1S/C19H17ClN2O4/c20-15-4-2-1-3-12(15)9-22-10-13(7-18(22)23)19(24)21-14-5-6-16-17(8-14)26-11-25-16/h1-6,8,13H,7,9-11H2,(H,21,24)/t13-/m1/s1. The smallest absolute Gasteiger partial charge is 0.231 e. The predicted molar refractivity (Wildman–Crippen MR) is 96.2 cm³/mol. The highest BCUT2D eigenvalue weighted by atomic mass is 35.5. The number of likely N-dealkylation sites (tertiary alicyclic amines) is 1. The van der Waals surface area contributed by atoms with E-state index in [1.54, 1.807) is 29.2 Å². The number of carbonyl (C=O) groups is 2. The first-order valence-electron chi connectivity index (χ1n) is 8.32. The number of hydrogen-bond acceptors (Lipinski definition) is 4. The summed E-state index contributed by atoms with van der Waals surface area (Å²) in [6, 6.07) is 12.6. The van der Waals surface area contributed by atoms with Gasteiger partial charge in [0, 0.05) is 36.3 Å². The van der Waals surface area contributed by atoms with Gasteiger partial charge in [-0.15, -0.1) is 0 Å². The molecule has 1 atom stereocenters. The maximum atomic E-state index is 12.5. The summed E-state index contributed by atoms with van der Waals surface area (Å²) in [5, 5.41) is 3.47. The highest BCUT2D eigenvalue weighted by Crippen LogP contribution is 2.34. The van der Waals surface area contributed by atoms with E-state index in [9.17, 15) is 9.59 Å². The van der Waals surface area contributed by atoms with Crippen molar-refractivity contribution in [3.05, 3.63) is 53.1 Å². The summed E-state index contributed by atoms with van der Waals surface area (Å²) in [5.41, 5.74) is 1.50. The molecule has 2 aliphatic rings. The fourth-order valence-electron chi connectivity index (χ4n) is 3.15. The highest BCUT2D eigenvalue weighted by molar-refractivity contribution is 6.31. The Bertz CT molecular complexity index is 870. The van der Waals surface area contributed by atoms with E-state index < -0.39 is 5.92 Å². The number of amides is 2. The maximum absolute atomic E-state index is 12.5. The molecule has 2 aromatic rings. The van der Waals surface area contributed by atoms with Gasteiger partial charge in [0.15, 0.2) is 11.5 Å². The summed E-state index contributed by atoms with van der Waals surface area (Å²) in [7, 11) is 0. The van der Waals surface area contributed by atoms with Crippen LogP contribution in [0.3, 0.4) is 0 Å². The molecular formula is C19H17ClN2O4. The number of nitrogens with one attached hydrogen (secondary N) is 1. The van der Waals surface area contributed by atoms with E-state index in [0.29, 0.717) is 35.3 Å². The van der Waals surface area contributed by atoms with E-state index in [1.165, 1.54) is 0 Å². The quantitative estimate of drug-likeness (QED) is 0.895. The molecule has 0 bridgehead atoms. The zero-order valence-electron chi connectivity index (χ0n) is 13.9. The molecule has 0 radical (unpaired) electrons. The Morgan fingerprint density at radius 2 is 2.00 bits per heavy atom. The molecule has 4 rings (SSSR count). The monoisotopic (exact) mass is 372 g/mol. The summed E-state index contributed by atoms with van der Waals surface area (Å²) < 4.78 is 10.6. The third-order valence-electron chi connectivity index (χ3n) is 4.54. The molecule has 1 saturated heterocycles. The van der Waals surface area contributed by atoms with Crippen LogP contribution in [0.15, 0.2) is 42.5 Å². The second kappa shape index (κ2) is 6.88. The molecule has 0 unspecified atom stereocenters.